The van der Waals surface area contributed by atoms with Crippen LogP contribution in [0, 0.1) is 6.92 Å². The highest BCUT2D eigenvalue weighted by molar-refractivity contribution is 5.62. The van der Waals surface area contributed by atoms with Gasteiger partial charge in [0.25, 0.3) is 0 Å². The number of aromatic nitrogens is 1. The van der Waals surface area contributed by atoms with Crippen molar-refractivity contribution >= 4 is 0 Å². The minimum absolute atomic E-state index is 0.340. The van der Waals surface area contributed by atoms with E-state index < -0.39 is 0 Å². The smallest absolute Gasteiger partial charge is 0.119 e. The van der Waals surface area contributed by atoms with Gasteiger partial charge in [0.05, 0.1) is 0 Å². The van der Waals surface area contributed by atoms with E-state index in [-0.39, 0.29) is 0 Å². The molecule has 2 nitrogen and oxygen atoms in total. The molecule has 0 saturated heterocycles. The maximum absolute atomic E-state index is 9.49. The second-order valence-corrected chi connectivity index (χ2v) is 3.09. The lowest BCUT2D eigenvalue weighted by atomic mass is 10.1. The predicted octanol–water partition coefficient (Wildman–Crippen LogP) is 2.70. The van der Waals surface area contributed by atoms with E-state index >= 15 is 0 Å². The normalized spacial score (nSPS) is 10.2. The van der Waals surface area contributed by atoms with Gasteiger partial charge in [-0.15, -0.1) is 0 Å². The first-order valence-corrected chi connectivity index (χ1v) is 4.21. The van der Waals surface area contributed by atoms with E-state index in [0.29, 0.717) is 5.75 Å². The van der Waals surface area contributed by atoms with Gasteiger partial charge in [-0.3, -0.25) is 0 Å². The van der Waals surface area contributed by atoms with E-state index in [4.69, 9.17) is 0 Å². The third kappa shape index (κ3) is 1.43. The molecular weight excluding hydrogens is 162 g/mol. The molecule has 2 heteroatoms. The van der Waals surface area contributed by atoms with Gasteiger partial charge >= 0.3 is 0 Å². The van der Waals surface area contributed by atoms with Crippen LogP contribution in [0.4, 0.5) is 0 Å². The van der Waals surface area contributed by atoms with Gasteiger partial charge in [-0.25, -0.2) is 0 Å². The molecule has 0 atom stereocenters. The van der Waals surface area contributed by atoms with Crippen molar-refractivity contribution < 1.29 is 5.11 Å². The summed E-state index contributed by atoms with van der Waals surface area (Å²) in [5.74, 6) is 0.340. The highest BCUT2D eigenvalue weighted by atomic mass is 16.3. The molecule has 1 aromatic carbocycles. The van der Waals surface area contributed by atoms with Crippen LogP contribution in [0.15, 0.2) is 36.5 Å². The van der Waals surface area contributed by atoms with E-state index in [9.17, 15) is 5.11 Å². The maximum Gasteiger partial charge on any atom is 0.119 e. The maximum atomic E-state index is 9.49. The summed E-state index contributed by atoms with van der Waals surface area (Å²) in [4.78, 5) is 3.09. The number of hydrogen-bond donors (Lipinski definition) is 2. The summed E-state index contributed by atoms with van der Waals surface area (Å²) in [6, 6.07) is 9.57. The van der Waals surface area contributed by atoms with Gasteiger partial charge in [0.1, 0.15) is 5.75 Å². The first kappa shape index (κ1) is 7.92. The molecule has 2 aromatic rings. The van der Waals surface area contributed by atoms with Crippen LogP contribution >= 0.6 is 0 Å². The highest BCUT2D eigenvalue weighted by Gasteiger charge is 2.00. The Morgan fingerprint density at radius 1 is 1.23 bits per heavy atom. The number of aromatic hydroxyl groups is 1. The van der Waals surface area contributed by atoms with Crippen LogP contribution < -0.4 is 0 Å². The molecule has 1 heterocycles. The molecule has 2 rings (SSSR count). The zero-order chi connectivity index (χ0) is 9.26. The van der Waals surface area contributed by atoms with Crippen LogP contribution in [0.25, 0.3) is 11.3 Å². The number of aryl methyl sites for hydroxylation is 1. The molecule has 0 aliphatic heterocycles. The van der Waals surface area contributed by atoms with Crippen molar-refractivity contribution in [1.29, 1.82) is 0 Å². The van der Waals surface area contributed by atoms with Gasteiger partial charge in [0.2, 0.25) is 0 Å². The Bertz CT molecular complexity index is 404. The van der Waals surface area contributed by atoms with Crippen LogP contribution in [-0.2, 0) is 0 Å². The first-order valence-electron chi connectivity index (χ1n) is 4.21. The minimum Gasteiger partial charge on any atom is -0.508 e. The van der Waals surface area contributed by atoms with Crippen LogP contribution in [0.3, 0.4) is 0 Å². The summed E-state index contributed by atoms with van der Waals surface area (Å²) in [7, 11) is 0. The van der Waals surface area contributed by atoms with E-state index in [1.165, 1.54) is 0 Å². The van der Waals surface area contributed by atoms with Crippen molar-refractivity contribution in [3.63, 3.8) is 0 Å². The fourth-order valence-electron chi connectivity index (χ4n) is 1.29. The van der Waals surface area contributed by atoms with E-state index in [0.717, 1.165) is 16.8 Å². The Morgan fingerprint density at radius 2 is 2.08 bits per heavy atom. The molecule has 0 bridgehead atoms. The Labute approximate surface area is 76.9 Å². The number of phenolic OH excluding ortho intramolecular Hbond substituents is 1. The van der Waals surface area contributed by atoms with Gasteiger partial charge < -0.3 is 10.1 Å². The molecule has 1 aromatic heterocycles. The van der Waals surface area contributed by atoms with Gasteiger partial charge in [-0.2, -0.15) is 0 Å². The lowest BCUT2D eigenvalue weighted by Gasteiger charge is -2.01. The molecule has 2 N–H and O–H groups in total. The van der Waals surface area contributed by atoms with Crippen LogP contribution in [0.2, 0.25) is 0 Å². The SMILES string of the molecule is Cc1ccc(-c2ccc[nH]2)cc1O. The Kier molecular flexibility index (Phi) is 1.81. The fourth-order valence-corrected chi connectivity index (χ4v) is 1.29. The zero-order valence-electron chi connectivity index (χ0n) is 7.41. The van der Waals surface area contributed by atoms with Gasteiger partial charge in [-0.1, -0.05) is 12.1 Å². The summed E-state index contributed by atoms with van der Waals surface area (Å²) in [5.41, 5.74) is 2.93. The summed E-state index contributed by atoms with van der Waals surface area (Å²) in [6.07, 6.45) is 1.87. The lowest BCUT2D eigenvalue weighted by molar-refractivity contribution is 0.471. The number of benzene rings is 1. The zero-order valence-corrected chi connectivity index (χ0v) is 7.41. The molecule has 0 amide bonds. The van der Waals surface area contributed by atoms with E-state index in [1.807, 2.05) is 37.4 Å². The minimum atomic E-state index is 0.340. The van der Waals surface area contributed by atoms with Gasteiger partial charge in [-0.05, 0) is 30.7 Å². The number of nitrogens with one attached hydrogen (secondary N) is 1. The summed E-state index contributed by atoms with van der Waals surface area (Å²) in [6.45, 7) is 1.88. The third-order valence-electron chi connectivity index (χ3n) is 2.12. The quantitative estimate of drug-likeness (QED) is 0.683. The largest absolute Gasteiger partial charge is 0.508 e. The van der Waals surface area contributed by atoms with Crippen molar-refractivity contribution in [2.75, 3.05) is 0 Å². The van der Waals surface area contributed by atoms with E-state index in [2.05, 4.69) is 4.98 Å². The monoisotopic (exact) mass is 173 g/mol. The van der Waals surface area contributed by atoms with E-state index in [1.54, 1.807) is 6.07 Å². The topological polar surface area (TPSA) is 36.0 Å². The van der Waals surface area contributed by atoms with Crippen molar-refractivity contribution in [1.82, 2.24) is 4.98 Å². The predicted molar refractivity (Wildman–Crippen MR) is 52.6 cm³/mol. The fraction of sp³-hybridized carbons (Fsp3) is 0.0909. The molecule has 0 aliphatic rings. The molecule has 0 saturated carbocycles. The Morgan fingerprint density at radius 3 is 2.69 bits per heavy atom. The van der Waals surface area contributed by atoms with Crippen LogP contribution in [-0.4, -0.2) is 10.1 Å². The Hall–Kier alpha value is -1.70. The summed E-state index contributed by atoms with van der Waals surface area (Å²) in [5, 5.41) is 9.49. The second-order valence-electron chi connectivity index (χ2n) is 3.09. The number of hydrogen-bond acceptors (Lipinski definition) is 1. The standard InChI is InChI=1S/C11H11NO/c1-8-4-5-9(7-11(8)13)10-3-2-6-12-10/h2-7,12-13H,1H3. The van der Waals surface area contributed by atoms with Gasteiger partial charge in [0.15, 0.2) is 0 Å². The highest BCUT2D eigenvalue weighted by Crippen LogP contribution is 2.24. The Balaban J connectivity index is 2.49. The number of rotatable bonds is 1. The summed E-state index contributed by atoms with van der Waals surface area (Å²) < 4.78 is 0. The molecule has 13 heavy (non-hydrogen) atoms. The molecule has 0 fully saturated rings. The number of phenols is 1. The van der Waals surface area contributed by atoms with Crippen molar-refractivity contribution in [2.45, 2.75) is 6.92 Å². The third-order valence-corrected chi connectivity index (χ3v) is 2.12. The molecule has 0 spiro atoms. The average Bonchev–Trinajstić information content (AvgIpc) is 2.62. The molecule has 0 radical (unpaired) electrons. The molecule has 0 unspecified atom stereocenters. The average molecular weight is 173 g/mol. The summed E-state index contributed by atoms with van der Waals surface area (Å²) >= 11 is 0. The van der Waals surface area contributed by atoms with Crippen molar-refractivity contribution in [2.24, 2.45) is 0 Å². The van der Waals surface area contributed by atoms with Crippen molar-refractivity contribution in [3.8, 4) is 17.0 Å². The van der Waals surface area contributed by atoms with Crippen LogP contribution in [0.1, 0.15) is 5.56 Å². The number of H-pyrrole nitrogens is 1. The van der Waals surface area contributed by atoms with Crippen molar-refractivity contribution in [3.05, 3.63) is 42.1 Å². The molecular formula is C11H11NO. The first-order chi connectivity index (χ1) is 6.27. The van der Waals surface area contributed by atoms with Crippen LogP contribution in [0.5, 0.6) is 5.75 Å². The lowest BCUT2D eigenvalue weighted by Crippen LogP contribution is -1.79. The second kappa shape index (κ2) is 2.98. The molecule has 0 aliphatic carbocycles. The molecule has 66 valence electrons. The van der Waals surface area contributed by atoms with Gasteiger partial charge in [0, 0.05) is 17.5 Å². The number of aromatic amines is 1.